The average molecular weight is 316 g/mol. The third-order valence-corrected chi connectivity index (χ3v) is 4.07. The van der Waals surface area contributed by atoms with Gasteiger partial charge in [0, 0.05) is 5.56 Å². The van der Waals surface area contributed by atoms with E-state index in [2.05, 4.69) is 35.4 Å². The van der Waals surface area contributed by atoms with E-state index < -0.39 is 0 Å². The van der Waals surface area contributed by atoms with Crippen molar-refractivity contribution in [3.8, 4) is 23.0 Å². The van der Waals surface area contributed by atoms with Crippen LogP contribution >= 0.6 is 0 Å². The Kier molecular flexibility index (Phi) is 4.72. The van der Waals surface area contributed by atoms with E-state index >= 15 is 0 Å². The predicted molar refractivity (Wildman–Crippen MR) is 94.9 cm³/mol. The summed E-state index contributed by atoms with van der Waals surface area (Å²) in [6.07, 6.45) is 3.46. The number of aryl methyl sites for hydroxylation is 2. The number of rotatable bonds is 5. The van der Waals surface area contributed by atoms with Gasteiger partial charge in [0.15, 0.2) is 5.69 Å². The lowest BCUT2D eigenvalue weighted by Crippen LogP contribution is -2.00. The molecule has 3 rings (SSSR count). The number of unbranched alkanes of at least 4 members (excludes halogenated alkanes) is 1. The minimum Gasteiger partial charge on any atom is -0.211 e. The van der Waals surface area contributed by atoms with Crippen molar-refractivity contribution in [2.75, 3.05) is 0 Å². The monoisotopic (exact) mass is 316 g/mol. The number of aromatic nitrogens is 3. The van der Waals surface area contributed by atoms with Crippen molar-refractivity contribution in [3.63, 3.8) is 0 Å². The fourth-order valence-electron chi connectivity index (χ4n) is 2.77. The first-order valence-corrected chi connectivity index (χ1v) is 8.25. The quantitative estimate of drug-likeness (QED) is 0.698. The highest BCUT2D eigenvalue weighted by molar-refractivity contribution is 5.67. The van der Waals surface area contributed by atoms with Crippen molar-refractivity contribution in [1.29, 1.82) is 5.26 Å². The Balaban J connectivity index is 2.03. The van der Waals surface area contributed by atoms with Gasteiger partial charge in [0.2, 0.25) is 0 Å². The zero-order chi connectivity index (χ0) is 16.9. The molecule has 0 aliphatic rings. The van der Waals surface area contributed by atoms with Gasteiger partial charge in [-0.1, -0.05) is 54.5 Å². The van der Waals surface area contributed by atoms with Gasteiger partial charge in [0.25, 0.3) is 0 Å². The molecular formula is C20H20N4. The molecule has 4 nitrogen and oxygen atoms in total. The molecule has 0 spiro atoms. The molecule has 0 atom stereocenters. The summed E-state index contributed by atoms with van der Waals surface area (Å²) in [6.45, 7) is 4.23. The van der Waals surface area contributed by atoms with E-state index in [1.165, 1.54) is 18.4 Å². The number of hydrogen-bond acceptors (Lipinski definition) is 3. The second-order valence-corrected chi connectivity index (χ2v) is 5.95. The van der Waals surface area contributed by atoms with E-state index in [1.54, 1.807) is 4.68 Å². The first kappa shape index (κ1) is 15.9. The van der Waals surface area contributed by atoms with Crippen LogP contribution in [-0.2, 0) is 6.42 Å². The van der Waals surface area contributed by atoms with E-state index in [9.17, 15) is 5.26 Å². The summed E-state index contributed by atoms with van der Waals surface area (Å²) in [6, 6.07) is 18.5. The Morgan fingerprint density at radius 3 is 2.58 bits per heavy atom. The Morgan fingerprint density at radius 1 is 1.12 bits per heavy atom. The van der Waals surface area contributed by atoms with Gasteiger partial charge in [0.1, 0.15) is 11.8 Å². The van der Waals surface area contributed by atoms with Crippen LogP contribution in [0.3, 0.4) is 0 Å². The zero-order valence-corrected chi connectivity index (χ0v) is 14.0. The molecule has 0 bridgehead atoms. The number of hydrogen-bond donors (Lipinski definition) is 0. The highest BCUT2D eigenvalue weighted by Crippen LogP contribution is 2.26. The fourth-order valence-corrected chi connectivity index (χ4v) is 2.77. The molecule has 1 aromatic heterocycles. The molecule has 0 aliphatic carbocycles. The summed E-state index contributed by atoms with van der Waals surface area (Å²) in [4.78, 5) is 0. The normalized spacial score (nSPS) is 10.5. The Morgan fingerprint density at radius 2 is 1.92 bits per heavy atom. The smallest absolute Gasteiger partial charge is 0.191 e. The first-order valence-electron chi connectivity index (χ1n) is 8.25. The summed E-state index contributed by atoms with van der Waals surface area (Å²) in [5.74, 6) is 0. The standard InChI is InChI=1S/C20H20N4/c1-3-4-7-16-9-11-18(12-10-16)24-20(19(14-21)22-23-24)17-8-5-6-15(2)13-17/h5-6,8-13H,3-4,7H2,1-2H3. The molecule has 0 unspecified atom stereocenters. The van der Waals surface area contributed by atoms with Crippen LogP contribution in [0.2, 0.25) is 0 Å². The van der Waals surface area contributed by atoms with E-state index in [0.717, 1.165) is 28.9 Å². The van der Waals surface area contributed by atoms with Gasteiger partial charge in [-0.15, -0.1) is 5.10 Å². The molecule has 120 valence electrons. The maximum absolute atomic E-state index is 9.38. The van der Waals surface area contributed by atoms with Crippen molar-refractivity contribution in [3.05, 3.63) is 65.4 Å². The predicted octanol–water partition coefficient (Wildman–Crippen LogP) is 4.46. The molecular weight excluding hydrogens is 296 g/mol. The van der Waals surface area contributed by atoms with Gasteiger partial charge in [-0.3, -0.25) is 0 Å². The minimum absolute atomic E-state index is 0.343. The summed E-state index contributed by atoms with van der Waals surface area (Å²) in [7, 11) is 0. The van der Waals surface area contributed by atoms with E-state index in [1.807, 2.05) is 43.3 Å². The lowest BCUT2D eigenvalue weighted by Gasteiger charge is -2.08. The van der Waals surface area contributed by atoms with Crippen molar-refractivity contribution in [1.82, 2.24) is 15.0 Å². The van der Waals surface area contributed by atoms with Gasteiger partial charge in [-0.25, -0.2) is 4.68 Å². The number of nitrogens with zero attached hydrogens (tertiary/aromatic N) is 4. The molecule has 0 amide bonds. The summed E-state index contributed by atoms with van der Waals surface area (Å²) in [5, 5.41) is 17.6. The second-order valence-electron chi connectivity index (χ2n) is 5.95. The van der Waals surface area contributed by atoms with Crippen molar-refractivity contribution in [2.45, 2.75) is 33.1 Å². The summed E-state index contributed by atoms with van der Waals surface area (Å²) in [5.41, 5.74) is 5.41. The van der Waals surface area contributed by atoms with E-state index in [-0.39, 0.29) is 0 Å². The van der Waals surface area contributed by atoms with Gasteiger partial charge < -0.3 is 0 Å². The molecule has 0 aliphatic heterocycles. The molecule has 2 aromatic carbocycles. The summed E-state index contributed by atoms with van der Waals surface area (Å²) < 4.78 is 1.75. The molecule has 0 saturated carbocycles. The molecule has 0 fully saturated rings. The molecule has 1 heterocycles. The van der Waals surface area contributed by atoms with Crippen LogP contribution in [0.25, 0.3) is 16.9 Å². The topological polar surface area (TPSA) is 54.5 Å². The third kappa shape index (κ3) is 3.21. The number of benzene rings is 2. The molecule has 3 aromatic rings. The largest absolute Gasteiger partial charge is 0.211 e. The first-order chi connectivity index (χ1) is 11.7. The van der Waals surface area contributed by atoms with E-state index in [4.69, 9.17) is 0 Å². The number of nitriles is 1. The molecule has 4 heteroatoms. The average Bonchev–Trinajstić information content (AvgIpc) is 3.04. The second kappa shape index (κ2) is 7.10. The van der Waals surface area contributed by atoms with Crippen molar-refractivity contribution < 1.29 is 0 Å². The van der Waals surface area contributed by atoms with Crippen LogP contribution in [0.1, 0.15) is 36.6 Å². The molecule has 0 radical (unpaired) electrons. The van der Waals surface area contributed by atoms with Crippen LogP contribution < -0.4 is 0 Å². The Labute approximate surface area is 142 Å². The maximum atomic E-state index is 9.38. The Bertz CT molecular complexity index is 869. The SMILES string of the molecule is CCCCc1ccc(-n2nnc(C#N)c2-c2cccc(C)c2)cc1. The lowest BCUT2D eigenvalue weighted by atomic mass is 10.1. The van der Waals surface area contributed by atoms with Crippen LogP contribution in [0.15, 0.2) is 48.5 Å². The molecule has 0 saturated heterocycles. The Hall–Kier alpha value is -2.93. The fraction of sp³-hybridized carbons (Fsp3) is 0.250. The van der Waals surface area contributed by atoms with Crippen molar-refractivity contribution in [2.24, 2.45) is 0 Å². The zero-order valence-electron chi connectivity index (χ0n) is 14.0. The lowest BCUT2D eigenvalue weighted by molar-refractivity contribution is 0.789. The van der Waals surface area contributed by atoms with Crippen LogP contribution in [0.5, 0.6) is 0 Å². The van der Waals surface area contributed by atoms with Crippen LogP contribution in [0.4, 0.5) is 0 Å². The van der Waals surface area contributed by atoms with Gasteiger partial charge in [-0.2, -0.15) is 5.26 Å². The molecule has 24 heavy (non-hydrogen) atoms. The van der Waals surface area contributed by atoms with Crippen molar-refractivity contribution >= 4 is 0 Å². The van der Waals surface area contributed by atoms with Crippen LogP contribution in [0, 0.1) is 18.3 Å². The third-order valence-electron chi connectivity index (χ3n) is 4.07. The van der Waals surface area contributed by atoms with E-state index in [0.29, 0.717) is 5.69 Å². The van der Waals surface area contributed by atoms with Gasteiger partial charge >= 0.3 is 0 Å². The van der Waals surface area contributed by atoms with Gasteiger partial charge in [0.05, 0.1) is 5.69 Å². The summed E-state index contributed by atoms with van der Waals surface area (Å²) >= 11 is 0. The molecule has 0 N–H and O–H groups in total. The minimum atomic E-state index is 0.343. The van der Waals surface area contributed by atoms with Crippen LogP contribution in [-0.4, -0.2) is 15.0 Å². The highest BCUT2D eigenvalue weighted by atomic mass is 15.4. The van der Waals surface area contributed by atoms with Gasteiger partial charge in [-0.05, 0) is 43.5 Å². The maximum Gasteiger partial charge on any atom is 0.191 e. The highest BCUT2D eigenvalue weighted by Gasteiger charge is 2.16.